The number of fused-ring (bicyclic) bond motifs is 1. The number of hydrogen-bond donors (Lipinski definition) is 1. The van der Waals surface area contributed by atoms with Crippen molar-refractivity contribution in [2.45, 2.75) is 33.2 Å². The number of para-hydroxylation sites is 1. The Kier molecular flexibility index (Phi) is 6.59. The van der Waals surface area contributed by atoms with Crippen molar-refractivity contribution in [3.8, 4) is 17.1 Å². The fourth-order valence-electron chi connectivity index (χ4n) is 4.49. The summed E-state index contributed by atoms with van der Waals surface area (Å²) >= 11 is 0. The lowest BCUT2D eigenvalue weighted by Crippen LogP contribution is -2.29. The molecule has 200 valence electrons. The molecule has 0 aliphatic heterocycles. The molecule has 5 rings (SSSR count). The van der Waals surface area contributed by atoms with E-state index in [4.69, 9.17) is 15.5 Å². The lowest BCUT2D eigenvalue weighted by molar-refractivity contribution is -0.138. The predicted octanol–water partition coefficient (Wildman–Crippen LogP) is 5.04. The summed E-state index contributed by atoms with van der Waals surface area (Å²) in [5.74, 6) is 1.74. The van der Waals surface area contributed by atoms with E-state index in [9.17, 15) is 18.0 Å². The van der Waals surface area contributed by atoms with Gasteiger partial charge in [-0.3, -0.25) is 9.78 Å². The third-order valence-electron chi connectivity index (χ3n) is 6.59. The van der Waals surface area contributed by atoms with Crippen molar-refractivity contribution in [1.82, 2.24) is 24.1 Å². The number of aryl methyl sites for hydroxylation is 2. The van der Waals surface area contributed by atoms with Crippen molar-refractivity contribution in [3.05, 3.63) is 99.5 Å². The number of nitrogen functional groups attached to an aromatic ring is 1. The number of imidazole rings is 1. The van der Waals surface area contributed by atoms with Crippen LogP contribution in [0.2, 0.25) is 0 Å². The maximum absolute atomic E-state index is 13.3. The minimum Gasteiger partial charge on any atom is -0.487 e. The van der Waals surface area contributed by atoms with Crippen LogP contribution in [0.3, 0.4) is 0 Å². The van der Waals surface area contributed by atoms with Gasteiger partial charge in [0.1, 0.15) is 35.1 Å². The molecule has 2 N–H and O–H groups in total. The molecule has 4 aromatic heterocycles. The molecule has 1 aromatic carbocycles. The van der Waals surface area contributed by atoms with E-state index >= 15 is 0 Å². The van der Waals surface area contributed by atoms with Gasteiger partial charge in [-0.05, 0) is 49.7 Å². The molecule has 0 unspecified atom stereocenters. The first kappa shape index (κ1) is 26.0. The van der Waals surface area contributed by atoms with Gasteiger partial charge in [0.25, 0.3) is 5.56 Å². The van der Waals surface area contributed by atoms with Crippen molar-refractivity contribution in [2.75, 3.05) is 5.73 Å². The molecule has 0 spiro atoms. The highest BCUT2D eigenvalue weighted by Crippen LogP contribution is 2.34. The molecule has 0 saturated heterocycles. The average Bonchev–Trinajstić information content (AvgIpc) is 3.21. The first-order valence-electron chi connectivity index (χ1n) is 12.1. The van der Waals surface area contributed by atoms with Crippen LogP contribution in [0.1, 0.15) is 28.1 Å². The van der Waals surface area contributed by atoms with E-state index in [0.29, 0.717) is 34.2 Å². The van der Waals surface area contributed by atoms with Crippen LogP contribution >= 0.6 is 0 Å². The number of benzene rings is 1. The fraction of sp³-hybridized carbons (Fsp3) is 0.214. The number of nitrogens with zero attached hydrogens (tertiary/aromatic N) is 5. The van der Waals surface area contributed by atoms with Crippen LogP contribution in [0.25, 0.3) is 22.3 Å². The average molecular weight is 535 g/mol. The summed E-state index contributed by atoms with van der Waals surface area (Å²) in [4.78, 5) is 26.0. The summed E-state index contributed by atoms with van der Waals surface area (Å²) in [5.41, 5.74) is 7.83. The minimum absolute atomic E-state index is 0.0716. The Labute approximate surface area is 221 Å². The molecule has 0 bridgehead atoms. The van der Waals surface area contributed by atoms with Gasteiger partial charge in [-0.25, -0.2) is 9.97 Å². The number of nitrogens with two attached hydrogens (primary N) is 1. The van der Waals surface area contributed by atoms with Crippen molar-refractivity contribution in [3.63, 3.8) is 0 Å². The lowest BCUT2D eigenvalue weighted by atomic mass is 10.1. The number of rotatable bonds is 6. The Morgan fingerprint density at radius 3 is 2.59 bits per heavy atom. The Balaban J connectivity index is 1.50. The molecule has 0 atom stereocenters. The van der Waals surface area contributed by atoms with Gasteiger partial charge in [0.05, 0.1) is 18.4 Å². The smallest absolute Gasteiger partial charge is 0.421 e. The highest BCUT2D eigenvalue weighted by molar-refractivity contribution is 5.96. The summed E-state index contributed by atoms with van der Waals surface area (Å²) in [6.45, 7) is 3.67. The van der Waals surface area contributed by atoms with Gasteiger partial charge < -0.3 is 19.6 Å². The minimum atomic E-state index is -4.74. The largest absolute Gasteiger partial charge is 0.487 e. The van der Waals surface area contributed by atoms with Crippen molar-refractivity contribution in [1.29, 1.82) is 0 Å². The van der Waals surface area contributed by atoms with E-state index in [2.05, 4.69) is 9.97 Å². The highest BCUT2D eigenvalue weighted by Gasteiger charge is 2.34. The Hall–Kier alpha value is -4.67. The SMILES string of the molecule is Cc1cc(-c2ncc(N)n2C)c2cccc(OCc3c(C)ccnc3Cn3cccc(C(F)(F)F)c3=O)c2n1. The van der Waals surface area contributed by atoms with Crippen molar-refractivity contribution < 1.29 is 17.9 Å². The quantitative estimate of drug-likeness (QED) is 0.328. The standard InChI is InChI=1S/C28H25F3N6O2/c1-16-9-10-33-22(14-37-11-5-7-21(27(37)38)28(29,30)31)20(16)15-39-23-8-4-6-18-19(12-17(2)35-25(18)23)26-34-13-24(32)36(26)3/h4-13H,14-15,32H2,1-3H3. The molecule has 11 heteroatoms. The van der Waals surface area contributed by atoms with Gasteiger partial charge in [0.15, 0.2) is 0 Å². The van der Waals surface area contributed by atoms with Crippen LogP contribution in [0, 0.1) is 13.8 Å². The van der Waals surface area contributed by atoms with Crippen molar-refractivity contribution in [2.24, 2.45) is 7.05 Å². The van der Waals surface area contributed by atoms with E-state index in [1.807, 2.05) is 39.1 Å². The van der Waals surface area contributed by atoms with Gasteiger partial charge in [-0.15, -0.1) is 0 Å². The van der Waals surface area contributed by atoms with Crippen LogP contribution < -0.4 is 16.0 Å². The zero-order chi connectivity index (χ0) is 27.9. The molecule has 0 amide bonds. The molecule has 0 aliphatic rings. The molecule has 0 saturated carbocycles. The van der Waals surface area contributed by atoms with E-state index in [1.54, 1.807) is 29.1 Å². The zero-order valence-electron chi connectivity index (χ0n) is 21.5. The normalized spacial score (nSPS) is 11.7. The second kappa shape index (κ2) is 9.90. The second-order valence-electron chi connectivity index (χ2n) is 9.22. The maximum atomic E-state index is 13.3. The van der Waals surface area contributed by atoms with Gasteiger partial charge in [-0.1, -0.05) is 12.1 Å². The fourth-order valence-corrected chi connectivity index (χ4v) is 4.49. The number of pyridine rings is 3. The molecule has 0 fully saturated rings. The van der Waals surface area contributed by atoms with Gasteiger partial charge in [0.2, 0.25) is 0 Å². The van der Waals surface area contributed by atoms with Crippen LogP contribution in [0.15, 0.2) is 65.8 Å². The molecule has 8 nitrogen and oxygen atoms in total. The molecule has 39 heavy (non-hydrogen) atoms. The zero-order valence-corrected chi connectivity index (χ0v) is 21.5. The first-order valence-corrected chi connectivity index (χ1v) is 12.1. The Bertz CT molecular complexity index is 1760. The number of anilines is 1. The summed E-state index contributed by atoms with van der Waals surface area (Å²) in [5, 5.41) is 0.824. The topological polar surface area (TPSA) is 101 Å². The van der Waals surface area contributed by atoms with Crippen LogP contribution in [0.5, 0.6) is 5.75 Å². The lowest BCUT2D eigenvalue weighted by Gasteiger charge is -2.16. The maximum Gasteiger partial charge on any atom is 0.421 e. The number of ether oxygens (including phenoxy) is 1. The third kappa shape index (κ3) is 4.95. The van der Waals surface area contributed by atoms with Crippen LogP contribution in [0.4, 0.5) is 19.0 Å². The summed E-state index contributed by atoms with van der Waals surface area (Å²) < 4.78 is 48.8. The molecule has 0 radical (unpaired) electrons. The number of aromatic nitrogens is 5. The Morgan fingerprint density at radius 1 is 1.08 bits per heavy atom. The van der Waals surface area contributed by atoms with E-state index < -0.39 is 17.3 Å². The van der Waals surface area contributed by atoms with E-state index in [1.165, 1.54) is 12.3 Å². The highest BCUT2D eigenvalue weighted by atomic mass is 19.4. The molecular formula is C28H25F3N6O2. The number of halogens is 3. The molecule has 4 heterocycles. The monoisotopic (exact) mass is 534 g/mol. The van der Waals surface area contributed by atoms with Gasteiger partial charge in [-0.2, -0.15) is 13.2 Å². The van der Waals surface area contributed by atoms with Crippen LogP contribution in [-0.2, 0) is 26.4 Å². The number of alkyl halides is 3. The van der Waals surface area contributed by atoms with Crippen molar-refractivity contribution >= 4 is 16.7 Å². The summed E-state index contributed by atoms with van der Waals surface area (Å²) in [6.07, 6.45) is -0.277. The molecule has 5 aromatic rings. The van der Waals surface area contributed by atoms with Gasteiger partial charge in [0, 0.05) is 41.6 Å². The third-order valence-corrected chi connectivity index (χ3v) is 6.59. The molecular weight excluding hydrogens is 509 g/mol. The second-order valence-corrected chi connectivity index (χ2v) is 9.22. The van der Waals surface area contributed by atoms with E-state index in [-0.39, 0.29) is 13.2 Å². The summed E-state index contributed by atoms with van der Waals surface area (Å²) in [7, 11) is 1.84. The van der Waals surface area contributed by atoms with Crippen LogP contribution in [-0.4, -0.2) is 24.1 Å². The number of hydrogen-bond acceptors (Lipinski definition) is 6. The molecule has 0 aliphatic carbocycles. The summed E-state index contributed by atoms with van der Waals surface area (Å²) in [6, 6.07) is 11.3. The first-order chi connectivity index (χ1) is 18.5. The van der Waals surface area contributed by atoms with Gasteiger partial charge >= 0.3 is 6.18 Å². The van der Waals surface area contributed by atoms with E-state index in [0.717, 1.165) is 32.8 Å². The Morgan fingerprint density at radius 2 is 1.87 bits per heavy atom. The predicted molar refractivity (Wildman–Crippen MR) is 141 cm³/mol.